The van der Waals surface area contributed by atoms with Gasteiger partial charge in [0, 0.05) is 6.54 Å². The number of Topliss-reactive ketones (excluding diaryl/α,β-unsaturated/α-hetero) is 1. The third kappa shape index (κ3) is 2.29. The second-order valence-corrected chi connectivity index (χ2v) is 5.40. The molecule has 0 saturated heterocycles. The highest BCUT2D eigenvalue weighted by Crippen LogP contribution is 2.33. The van der Waals surface area contributed by atoms with Crippen LogP contribution < -0.4 is 4.90 Å². The first-order valence-electron chi connectivity index (χ1n) is 6.97. The average Bonchev–Trinajstić information content (AvgIpc) is 2.60. The summed E-state index contributed by atoms with van der Waals surface area (Å²) in [6.45, 7) is 8.79. The Bertz CT molecular complexity index is 530. The molecule has 3 heteroatoms. The fourth-order valence-electron chi connectivity index (χ4n) is 2.78. The Morgan fingerprint density at radius 2 is 1.74 bits per heavy atom. The van der Waals surface area contributed by atoms with Gasteiger partial charge in [0.2, 0.25) is 0 Å². The highest BCUT2D eigenvalue weighted by atomic mass is 16.2. The number of anilines is 1. The molecule has 19 heavy (non-hydrogen) atoms. The summed E-state index contributed by atoms with van der Waals surface area (Å²) in [5.41, 5.74) is 3.40. The Morgan fingerprint density at radius 3 is 2.32 bits per heavy atom. The van der Waals surface area contributed by atoms with E-state index in [4.69, 9.17) is 0 Å². The number of aryl methyl sites for hydroxylation is 2. The molecule has 0 aliphatic carbocycles. The maximum Gasteiger partial charge on any atom is 0.299 e. The molecule has 0 fully saturated rings. The largest absolute Gasteiger partial charge is 0.304 e. The minimum atomic E-state index is -0.365. The molecule has 1 aliphatic rings. The number of rotatable bonds is 4. The van der Waals surface area contributed by atoms with Crippen molar-refractivity contribution in [2.24, 2.45) is 5.92 Å². The molecule has 1 aromatic rings. The van der Waals surface area contributed by atoms with E-state index in [2.05, 4.69) is 13.8 Å². The van der Waals surface area contributed by atoms with Crippen molar-refractivity contribution in [2.75, 3.05) is 11.4 Å². The van der Waals surface area contributed by atoms with Crippen LogP contribution in [0.25, 0.3) is 0 Å². The van der Waals surface area contributed by atoms with Gasteiger partial charge in [0.25, 0.3) is 11.7 Å². The first-order valence-corrected chi connectivity index (χ1v) is 6.97. The molecule has 102 valence electrons. The summed E-state index contributed by atoms with van der Waals surface area (Å²) in [6, 6.07) is 3.91. The smallest absolute Gasteiger partial charge is 0.299 e. The van der Waals surface area contributed by atoms with Crippen LogP contribution in [0.3, 0.4) is 0 Å². The Labute approximate surface area is 114 Å². The van der Waals surface area contributed by atoms with Gasteiger partial charge in [-0.15, -0.1) is 0 Å². The number of nitrogens with zero attached hydrogens (tertiary/aromatic N) is 1. The number of carbonyl (C=O) groups excluding carboxylic acids is 2. The third-order valence-corrected chi connectivity index (χ3v) is 4.01. The lowest BCUT2D eigenvalue weighted by atomic mass is 10.0. The number of hydrogen-bond acceptors (Lipinski definition) is 2. The number of ketones is 1. The minimum Gasteiger partial charge on any atom is -0.304 e. The van der Waals surface area contributed by atoms with Gasteiger partial charge in [0.1, 0.15) is 0 Å². The average molecular weight is 259 g/mol. The van der Waals surface area contributed by atoms with Gasteiger partial charge >= 0.3 is 0 Å². The van der Waals surface area contributed by atoms with Gasteiger partial charge < -0.3 is 4.90 Å². The van der Waals surface area contributed by atoms with Crippen molar-refractivity contribution in [3.63, 3.8) is 0 Å². The maximum absolute atomic E-state index is 12.2. The van der Waals surface area contributed by atoms with Crippen LogP contribution in [0.15, 0.2) is 12.1 Å². The quantitative estimate of drug-likeness (QED) is 0.778. The lowest BCUT2D eigenvalue weighted by Crippen LogP contribution is -2.34. The van der Waals surface area contributed by atoms with Crippen LogP contribution in [0.1, 0.15) is 48.2 Å². The first kappa shape index (κ1) is 13.8. The van der Waals surface area contributed by atoms with E-state index >= 15 is 0 Å². The Kier molecular flexibility index (Phi) is 3.74. The second-order valence-electron chi connectivity index (χ2n) is 5.40. The molecule has 0 spiro atoms. The van der Waals surface area contributed by atoms with E-state index in [9.17, 15) is 9.59 Å². The van der Waals surface area contributed by atoms with Gasteiger partial charge in [-0.25, -0.2) is 0 Å². The normalized spacial score (nSPS) is 14.5. The summed E-state index contributed by atoms with van der Waals surface area (Å²) in [5.74, 6) is -0.266. The highest BCUT2D eigenvalue weighted by Gasteiger charge is 2.37. The van der Waals surface area contributed by atoms with Crippen molar-refractivity contribution < 1.29 is 9.59 Å². The van der Waals surface area contributed by atoms with Gasteiger partial charge in [-0.2, -0.15) is 0 Å². The van der Waals surface area contributed by atoms with E-state index in [0.717, 1.165) is 29.7 Å². The summed E-state index contributed by atoms with van der Waals surface area (Å²) in [7, 11) is 0. The summed E-state index contributed by atoms with van der Waals surface area (Å²) < 4.78 is 0. The van der Waals surface area contributed by atoms with E-state index in [1.54, 1.807) is 4.90 Å². The maximum atomic E-state index is 12.2. The number of amides is 1. The molecule has 0 aromatic heterocycles. The van der Waals surface area contributed by atoms with Crippen LogP contribution in [0, 0.1) is 19.8 Å². The highest BCUT2D eigenvalue weighted by molar-refractivity contribution is 6.52. The molecular weight excluding hydrogens is 238 g/mol. The molecule has 2 rings (SSSR count). The van der Waals surface area contributed by atoms with Gasteiger partial charge in [-0.05, 0) is 37.0 Å². The number of hydrogen-bond donors (Lipinski definition) is 0. The molecule has 1 heterocycles. The zero-order valence-electron chi connectivity index (χ0n) is 12.1. The van der Waals surface area contributed by atoms with Crippen LogP contribution >= 0.6 is 0 Å². The van der Waals surface area contributed by atoms with E-state index in [1.807, 2.05) is 26.0 Å². The van der Waals surface area contributed by atoms with Crippen LogP contribution in [0.5, 0.6) is 0 Å². The van der Waals surface area contributed by atoms with Crippen LogP contribution in [-0.2, 0) is 4.79 Å². The lowest BCUT2D eigenvalue weighted by Gasteiger charge is -2.22. The number of carbonyl (C=O) groups is 2. The first-order chi connectivity index (χ1) is 8.99. The minimum absolute atomic E-state index is 0.349. The molecule has 0 atom stereocenters. The van der Waals surface area contributed by atoms with Crippen molar-refractivity contribution in [1.82, 2.24) is 0 Å². The molecule has 1 aromatic carbocycles. The van der Waals surface area contributed by atoms with Gasteiger partial charge in [0.15, 0.2) is 0 Å². The van der Waals surface area contributed by atoms with Crippen LogP contribution in [-0.4, -0.2) is 18.2 Å². The summed E-state index contributed by atoms with van der Waals surface area (Å²) in [5, 5.41) is 0. The predicted molar refractivity (Wildman–Crippen MR) is 76.7 cm³/mol. The van der Waals surface area contributed by atoms with Crippen molar-refractivity contribution >= 4 is 17.4 Å². The van der Waals surface area contributed by atoms with Crippen molar-refractivity contribution in [3.05, 3.63) is 28.8 Å². The SMILES string of the molecule is CCC(CC)CN1C(=O)C(=O)c2c(C)cc(C)cc21. The van der Waals surface area contributed by atoms with E-state index in [0.29, 0.717) is 18.0 Å². The zero-order chi connectivity index (χ0) is 14.2. The third-order valence-electron chi connectivity index (χ3n) is 4.01. The van der Waals surface area contributed by atoms with Crippen molar-refractivity contribution in [3.8, 4) is 0 Å². The Hall–Kier alpha value is -1.64. The molecule has 0 bridgehead atoms. The van der Waals surface area contributed by atoms with Crippen LogP contribution in [0.4, 0.5) is 5.69 Å². The number of benzene rings is 1. The van der Waals surface area contributed by atoms with E-state index < -0.39 is 0 Å². The zero-order valence-corrected chi connectivity index (χ0v) is 12.1. The van der Waals surface area contributed by atoms with Gasteiger partial charge in [-0.3, -0.25) is 9.59 Å². The van der Waals surface area contributed by atoms with Gasteiger partial charge in [-0.1, -0.05) is 32.8 Å². The summed E-state index contributed by atoms with van der Waals surface area (Å²) in [6.07, 6.45) is 2.04. The number of fused-ring (bicyclic) bond motifs is 1. The Balaban J connectivity index is 2.44. The van der Waals surface area contributed by atoms with Crippen molar-refractivity contribution in [1.29, 1.82) is 0 Å². The summed E-state index contributed by atoms with van der Waals surface area (Å²) in [4.78, 5) is 26.0. The lowest BCUT2D eigenvalue weighted by molar-refractivity contribution is -0.114. The molecule has 0 N–H and O–H groups in total. The van der Waals surface area contributed by atoms with Crippen molar-refractivity contribution in [2.45, 2.75) is 40.5 Å². The van der Waals surface area contributed by atoms with E-state index in [-0.39, 0.29) is 11.7 Å². The molecule has 0 unspecified atom stereocenters. The fraction of sp³-hybridized carbons (Fsp3) is 0.500. The predicted octanol–water partition coefficient (Wildman–Crippen LogP) is 3.27. The van der Waals surface area contributed by atoms with Crippen LogP contribution in [0.2, 0.25) is 0 Å². The molecule has 1 amide bonds. The summed E-state index contributed by atoms with van der Waals surface area (Å²) >= 11 is 0. The monoisotopic (exact) mass is 259 g/mol. The standard InChI is InChI=1S/C16H21NO2/c1-5-12(6-2)9-17-13-8-10(3)7-11(4)14(13)15(18)16(17)19/h7-8,12H,5-6,9H2,1-4H3. The molecule has 3 nitrogen and oxygen atoms in total. The molecule has 0 radical (unpaired) electrons. The van der Waals surface area contributed by atoms with E-state index in [1.165, 1.54) is 0 Å². The fourth-order valence-corrected chi connectivity index (χ4v) is 2.78. The molecule has 0 saturated carbocycles. The molecular formula is C16H21NO2. The topological polar surface area (TPSA) is 37.4 Å². The Morgan fingerprint density at radius 1 is 1.11 bits per heavy atom. The second kappa shape index (κ2) is 5.16. The molecule has 1 aliphatic heterocycles. The van der Waals surface area contributed by atoms with Gasteiger partial charge in [0.05, 0.1) is 11.3 Å².